The Bertz CT molecular complexity index is 2730. The number of hydrogen-bond acceptors (Lipinski definition) is 16. The second kappa shape index (κ2) is 31.1. The first kappa shape index (κ1) is 61.5. The predicted octanol–water partition coefficient (Wildman–Crippen LogP) is -0.632. The van der Waals surface area contributed by atoms with Gasteiger partial charge in [-0.05, 0) is 80.1 Å². The van der Waals surface area contributed by atoms with E-state index < -0.39 is 121 Å². The topological polar surface area (TPSA) is 404 Å². The Morgan fingerprint density at radius 3 is 2.08 bits per heavy atom. The largest absolute Gasteiger partial charge is 0.508 e. The average molecular weight is 1120 g/mol. The number of phenolic OH excluding ortho intramolecular Hbond substituents is 1. The van der Waals surface area contributed by atoms with Crippen LogP contribution in [-0.4, -0.2) is 164 Å². The quantitative estimate of drug-likeness (QED) is 0.0172. The van der Waals surface area contributed by atoms with Crippen LogP contribution >= 0.6 is 21.6 Å². The summed E-state index contributed by atoms with van der Waals surface area (Å²) in [5.74, 6) is -7.87. The van der Waals surface area contributed by atoms with Crippen molar-refractivity contribution in [1.29, 1.82) is 0 Å². The summed E-state index contributed by atoms with van der Waals surface area (Å²) in [7, 11) is 1.87. The number of nitrogens with zero attached hydrogens (tertiary/aromatic N) is 3. The van der Waals surface area contributed by atoms with Crippen molar-refractivity contribution in [3.05, 3.63) is 112 Å². The molecule has 10 atom stereocenters. The monoisotopic (exact) mass is 1120 g/mol. The number of aromatic hydroxyl groups is 1. The molecule has 1 saturated heterocycles. The maximum atomic E-state index is 14.9. The third kappa shape index (κ3) is 19.0. The number of unbranched alkanes of at least 4 members (excludes halogenated alkanes) is 1. The fraction of sp³-hybridized carbons (Fsp3) is 0.451. The van der Waals surface area contributed by atoms with E-state index in [1.165, 1.54) is 38.1 Å². The molecule has 1 fully saturated rings. The van der Waals surface area contributed by atoms with Crippen molar-refractivity contribution in [2.45, 2.75) is 113 Å². The highest BCUT2D eigenvalue weighted by atomic mass is 33.1. The van der Waals surface area contributed by atoms with Gasteiger partial charge in [-0.25, -0.2) is 0 Å². The summed E-state index contributed by atoms with van der Waals surface area (Å²) in [6, 6.07) is 9.89. The number of phenols is 1. The lowest BCUT2D eigenvalue weighted by Gasteiger charge is -2.29. The molecule has 1 aliphatic heterocycles. The lowest BCUT2D eigenvalue weighted by Crippen LogP contribution is -2.62. The molecule has 420 valence electrons. The lowest BCUT2D eigenvalue weighted by molar-refractivity contribution is -0.136. The number of rotatable bonds is 20. The second-order valence-corrected chi connectivity index (χ2v) is 21.1. The van der Waals surface area contributed by atoms with Crippen LogP contribution in [0.5, 0.6) is 5.75 Å². The molecule has 0 radical (unpaired) electrons. The van der Waals surface area contributed by atoms with Crippen LogP contribution in [0.15, 0.2) is 90.2 Å². The van der Waals surface area contributed by atoms with E-state index in [0.717, 1.165) is 21.6 Å². The summed E-state index contributed by atoms with van der Waals surface area (Å²) in [6.45, 7) is 1.42. The summed E-state index contributed by atoms with van der Waals surface area (Å²) < 4.78 is 0. The molecule has 2 heterocycles. The zero-order chi connectivity index (χ0) is 56.7. The molecule has 5 rings (SSSR count). The maximum absolute atomic E-state index is 14.9. The van der Waals surface area contributed by atoms with E-state index in [9.17, 15) is 58.8 Å². The summed E-state index contributed by atoms with van der Waals surface area (Å²) in [5.41, 5.74) is 17.0. The van der Waals surface area contributed by atoms with Gasteiger partial charge in [0.2, 0.25) is 47.3 Å². The van der Waals surface area contributed by atoms with E-state index in [2.05, 4.69) is 57.5 Å². The number of amides is 8. The number of nitrogens with two attached hydrogens (primary N) is 1. The molecule has 1 aliphatic rings. The van der Waals surface area contributed by atoms with E-state index in [1.54, 1.807) is 54.7 Å². The van der Waals surface area contributed by atoms with Gasteiger partial charge >= 0.3 is 0 Å². The highest BCUT2D eigenvalue weighted by Gasteiger charge is 2.37. The van der Waals surface area contributed by atoms with Crippen molar-refractivity contribution in [2.75, 3.05) is 31.2 Å². The van der Waals surface area contributed by atoms with Crippen LogP contribution in [0, 0.1) is 0 Å². The zero-order valence-electron chi connectivity index (χ0n) is 42.9. The summed E-state index contributed by atoms with van der Waals surface area (Å²) in [6.07, 6.45) is -0.947. The van der Waals surface area contributed by atoms with Crippen molar-refractivity contribution < 1.29 is 58.8 Å². The van der Waals surface area contributed by atoms with Crippen molar-refractivity contribution in [1.82, 2.24) is 47.5 Å². The molecule has 0 spiro atoms. The fourth-order valence-electron chi connectivity index (χ4n) is 8.17. The number of aromatic nitrogens is 1. The van der Waals surface area contributed by atoms with E-state index in [0.29, 0.717) is 40.4 Å². The summed E-state index contributed by atoms with van der Waals surface area (Å²) in [4.78, 5) is 120. The van der Waals surface area contributed by atoms with Gasteiger partial charge in [-0.3, -0.25) is 38.4 Å². The number of aliphatic hydroxyl groups is 3. The molecule has 0 saturated carbocycles. The molecule has 3 aromatic carbocycles. The number of aromatic amines is 1. The molecule has 27 heteroatoms. The number of fused-ring (bicyclic) bond motifs is 1. The van der Waals surface area contributed by atoms with Crippen LogP contribution in [0.3, 0.4) is 0 Å². The minimum Gasteiger partial charge on any atom is -0.508 e. The number of carbonyl (C=O) groups is 8. The number of benzene rings is 3. The molecule has 0 aliphatic carbocycles. The number of aliphatic hydroxyl groups excluding tert-OH is 3. The number of nitrogens with one attached hydrogen (secondary N) is 9. The van der Waals surface area contributed by atoms with Crippen LogP contribution in [0.1, 0.15) is 49.8 Å². The van der Waals surface area contributed by atoms with Crippen LogP contribution < -0.4 is 48.3 Å². The zero-order valence-corrected chi connectivity index (χ0v) is 44.6. The highest BCUT2D eigenvalue weighted by Crippen LogP contribution is 2.25. The SMILES string of the molecule is CC(O)[C@@H]1NC(=O)[C@H](CCCCN)NC(=O)[C@@H](Cc2c[nH]c3ccccc23)NC(=O)[C@H](Cc2ccc(O)cc2)NC(=O)[C@@H](NC(=O)[C@@H](Cc2ccccc2)NC(=O)CN=[N+]=[N-])CSSC[C@@H](C(=O)N[C@H](CO)C(C)O)NC1=O. The third-order valence-corrected chi connectivity index (χ3v) is 14.9. The van der Waals surface area contributed by atoms with Crippen LogP contribution in [-0.2, 0) is 57.6 Å². The Balaban J connectivity index is 1.61. The molecule has 1 aromatic heterocycles. The Kier molecular flexibility index (Phi) is 24.5. The van der Waals surface area contributed by atoms with Crippen LogP contribution in [0.2, 0.25) is 0 Å². The minimum absolute atomic E-state index is 0.0200. The standard InChI is InChI=1S/C51H67N13O12S2/c1-28(66)40(25-65)60-50(75)42-27-78-77-26-41(61-46(71)37(56-43(69)24-55-64-53)20-30-10-4-3-5-11-30)49(74)58-38(21-31-15-17-33(68)18-16-31)47(72)59-39(22-32-23-54-35-13-7-6-12-34(32)35)48(73)57-36(14-8-9-19-52)45(70)63-44(29(2)67)51(76)62-42/h3-7,10-13,15-18,23,28-29,36-42,44,54,65-68H,8-9,14,19-22,24-27,52H2,1-2H3,(H,56,69)(H,57,73)(H,58,74)(H,59,72)(H,60,75)(H,61,71)(H,62,76)(H,63,70)/t28?,29?,36-,37+,38-,39+,40+,41-,42-,44-/m0/s1. The molecule has 25 nitrogen and oxygen atoms in total. The molecule has 15 N–H and O–H groups in total. The Morgan fingerprint density at radius 2 is 1.41 bits per heavy atom. The molecular weight excluding hydrogens is 1050 g/mol. The molecule has 2 unspecified atom stereocenters. The van der Waals surface area contributed by atoms with Crippen molar-refractivity contribution in [3.63, 3.8) is 0 Å². The minimum atomic E-state index is -1.72. The number of H-pyrrole nitrogens is 1. The van der Waals surface area contributed by atoms with Gasteiger partial charge in [0.05, 0.1) is 24.9 Å². The van der Waals surface area contributed by atoms with E-state index in [4.69, 9.17) is 11.3 Å². The predicted molar refractivity (Wildman–Crippen MR) is 292 cm³/mol. The van der Waals surface area contributed by atoms with E-state index >= 15 is 0 Å². The Morgan fingerprint density at radius 1 is 0.769 bits per heavy atom. The number of hydrogen-bond donors (Lipinski definition) is 14. The number of azide groups is 1. The van der Waals surface area contributed by atoms with E-state index in [-0.39, 0.29) is 49.5 Å². The highest BCUT2D eigenvalue weighted by molar-refractivity contribution is 8.76. The van der Waals surface area contributed by atoms with Gasteiger partial charge in [0, 0.05) is 52.8 Å². The first-order valence-corrected chi connectivity index (χ1v) is 27.6. The van der Waals surface area contributed by atoms with Gasteiger partial charge in [-0.15, -0.1) is 0 Å². The number of para-hydroxylation sites is 1. The Hall–Kier alpha value is -7.39. The maximum Gasteiger partial charge on any atom is 0.245 e. The Labute approximate surface area is 457 Å². The average Bonchev–Trinajstić information content (AvgIpc) is 3.84. The van der Waals surface area contributed by atoms with Gasteiger partial charge in [-0.1, -0.05) is 87.4 Å². The smallest absolute Gasteiger partial charge is 0.245 e. The van der Waals surface area contributed by atoms with Gasteiger partial charge in [0.1, 0.15) is 54.6 Å². The first-order valence-electron chi connectivity index (χ1n) is 25.1. The van der Waals surface area contributed by atoms with Gasteiger partial charge < -0.3 is 73.7 Å². The van der Waals surface area contributed by atoms with Crippen molar-refractivity contribution >= 4 is 79.7 Å². The van der Waals surface area contributed by atoms with Gasteiger partial charge in [0.25, 0.3) is 0 Å². The third-order valence-electron chi connectivity index (χ3n) is 12.5. The number of carbonyl (C=O) groups excluding carboxylic acids is 8. The molecule has 8 amide bonds. The normalized spacial score (nSPS) is 21.6. The van der Waals surface area contributed by atoms with E-state index in [1.807, 2.05) is 6.07 Å². The van der Waals surface area contributed by atoms with Gasteiger partial charge in [0.15, 0.2) is 0 Å². The van der Waals surface area contributed by atoms with Crippen LogP contribution in [0.25, 0.3) is 21.3 Å². The van der Waals surface area contributed by atoms with Crippen LogP contribution in [0.4, 0.5) is 0 Å². The molecule has 0 bridgehead atoms. The van der Waals surface area contributed by atoms with Gasteiger partial charge in [-0.2, -0.15) is 0 Å². The van der Waals surface area contributed by atoms with Crippen molar-refractivity contribution in [3.8, 4) is 5.75 Å². The second-order valence-electron chi connectivity index (χ2n) is 18.6. The van der Waals surface area contributed by atoms with Crippen molar-refractivity contribution in [2.24, 2.45) is 10.8 Å². The fourth-order valence-corrected chi connectivity index (χ4v) is 10.5. The lowest BCUT2D eigenvalue weighted by atomic mass is 10.0. The molecular formula is C51H67N13O12S2. The molecule has 78 heavy (non-hydrogen) atoms. The summed E-state index contributed by atoms with van der Waals surface area (Å²) in [5, 5.41) is 66.2. The summed E-state index contributed by atoms with van der Waals surface area (Å²) >= 11 is 0. The molecule has 4 aromatic rings. The first-order chi connectivity index (χ1) is 37.4.